The van der Waals surface area contributed by atoms with E-state index in [1.54, 1.807) is 12.4 Å². The van der Waals surface area contributed by atoms with Crippen LogP contribution in [0.4, 0.5) is 0 Å². The number of hydrogen-bond acceptors (Lipinski definition) is 3. The second-order valence-corrected chi connectivity index (χ2v) is 7.28. The van der Waals surface area contributed by atoms with Crippen molar-refractivity contribution < 1.29 is 9.59 Å². The van der Waals surface area contributed by atoms with Crippen LogP contribution < -0.4 is 0 Å². The highest BCUT2D eigenvalue weighted by atomic mass is 16.2. The van der Waals surface area contributed by atoms with E-state index in [1.807, 2.05) is 64.4 Å². The third kappa shape index (κ3) is 3.23. The second-order valence-electron chi connectivity index (χ2n) is 7.28. The first-order chi connectivity index (χ1) is 14.2. The molecule has 1 aliphatic heterocycles. The quantitative estimate of drug-likeness (QED) is 0.576. The minimum absolute atomic E-state index is 0.0145. The van der Waals surface area contributed by atoms with E-state index in [-0.39, 0.29) is 11.8 Å². The van der Waals surface area contributed by atoms with E-state index in [2.05, 4.69) is 9.97 Å². The van der Waals surface area contributed by atoms with E-state index in [9.17, 15) is 9.59 Å². The Balaban J connectivity index is 1.27. The van der Waals surface area contributed by atoms with Crippen LogP contribution in [0.25, 0.3) is 21.8 Å². The number of piperazine rings is 1. The van der Waals surface area contributed by atoms with Gasteiger partial charge in [-0.25, -0.2) is 4.98 Å². The van der Waals surface area contributed by atoms with Crippen LogP contribution in [-0.4, -0.2) is 57.8 Å². The number of aromatic nitrogens is 2. The lowest BCUT2D eigenvalue weighted by Gasteiger charge is -2.35. The molecule has 0 bridgehead atoms. The monoisotopic (exact) mass is 384 g/mol. The van der Waals surface area contributed by atoms with Gasteiger partial charge < -0.3 is 14.8 Å². The molecule has 0 saturated carbocycles. The van der Waals surface area contributed by atoms with Gasteiger partial charge in [0, 0.05) is 37.3 Å². The van der Waals surface area contributed by atoms with Crippen molar-refractivity contribution in [1.29, 1.82) is 0 Å². The van der Waals surface area contributed by atoms with Gasteiger partial charge in [0.25, 0.3) is 11.8 Å². The molecule has 6 nitrogen and oxygen atoms in total. The summed E-state index contributed by atoms with van der Waals surface area (Å²) in [6.07, 6.45) is 1.62. The molecule has 0 radical (unpaired) electrons. The number of rotatable bonds is 2. The molecule has 0 spiro atoms. The number of nitrogens with one attached hydrogen (secondary N) is 1. The summed E-state index contributed by atoms with van der Waals surface area (Å²) in [7, 11) is 0. The molecule has 29 heavy (non-hydrogen) atoms. The number of H-pyrrole nitrogens is 1. The van der Waals surface area contributed by atoms with E-state index >= 15 is 0 Å². The maximum absolute atomic E-state index is 12.9. The number of hydrogen-bond donors (Lipinski definition) is 1. The molecule has 1 aromatic heterocycles. The number of amides is 2. The van der Waals surface area contributed by atoms with Crippen LogP contribution in [-0.2, 0) is 0 Å². The Hall–Kier alpha value is -3.67. The van der Waals surface area contributed by atoms with E-state index in [0.717, 1.165) is 21.8 Å². The standard InChI is InChI=1S/C23H20N4O2/c28-22(18-6-5-16-3-1-2-4-17(16)13-18)26-9-11-27(12-10-26)23(29)19-7-8-20-21(14-19)25-15-24-20/h1-8,13-15H,9-12H2,(H,24,25). The summed E-state index contributed by atoms with van der Waals surface area (Å²) in [5, 5.41) is 2.18. The fourth-order valence-corrected chi connectivity index (χ4v) is 3.87. The van der Waals surface area contributed by atoms with Gasteiger partial charge in [0.05, 0.1) is 17.4 Å². The summed E-state index contributed by atoms with van der Waals surface area (Å²) in [4.78, 5) is 36.6. The molecule has 6 heteroatoms. The topological polar surface area (TPSA) is 69.3 Å². The Labute approximate surface area is 167 Å². The Morgan fingerprint density at radius 3 is 2.10 bits per heavy atom. The molecule has 144 valence electrons. The Morgan fingerprint density at radius 1 is 0.759 bits per heavy atom. The molecule has 1 N–H and O–H groups in total. The van der Waals surface area contributed by atoms with Gasteiger partial charge in [0.1, 0.15) is 0 Å². The smallest absolute Gasteiger partial charge is 0.254 e. The van der Waals surface area contributed by atoms with Gasteiger partial charge in [0.15, 0.2) is 0 Å². The first kappa shape index (κ1) is 17.4. The molecule has 1 fully saturated rings. The summed E-state index contributed by atoms with van der Waals surface area (Å²) in [6.45, 7) is 2.12. The van der Waals surface area contributed by atoms with Crippen molar-refractivity contribution in [3.05, 3.63) is 78.1 Å². The second kappa shape index (κ2) is 7.05. The van der Waals surface area contributed by atoms with Crippen molar-refractivity contribution >= 4 is 33.6 Å². The zero-order chi connectivity index (χ0) is 19.8. The normalized spacial score (nSPS) is 14.5. The lowest BCUT2D eigenvalue weighted by molar-refractivity contribution is 0.0535. The zero-order valence-corrected chi connectivity index (χ0v) is 15.8. The van der Waals surface area contributed by atoms with Gasteiger partial charge in [-0.2, -0.15) is 0 Å². The maximum Gasteiger partial charge on any atom is 0.254 e. The molecule has 1 saturated heterocycles. The maximum atomic E-state index is 12.9. The van der Waals surface area contributed by atoms with Crippen LogP contribution in [0.3, 0.4) is 0 Å². The Morgan fingerprint density at radius 2 is 1.38 bits per heavy atom. The summed E-state index contributed by atoms with van der Waals surface area (Å²) >= 11 is 0. The third-order valence-corrected chi connectivity index (χ3v) is 5.52. The summed E-state index contributed by atoms with van der Waals surface area (Å²) in [5.74, 6) is 0.000959. The minimum atomic E-state index is -0.0145. The first-order valence-corrected chi connectivity index (χ1v) is 9.69. The lowest BCUT2D eigenvalue weighted by Crippen LogP contribution is -2.50. The largest absolute Gasteiger partial charge is 0.345 e. The lowest BCUT2D eigenvalue weighted by atomic mass is 10.1. The van der Waals surface area contributed by atoms with Gasteiger partial charge in [0.2, 0.25) is 0 Å². The molecule has 1 aliphatic rings. The van der Waals surface area contributed by atoms with Gasteiger partial charge in [-0.15, -0.1) is 0 Å². The fourth-order valence-electron chi connectivity index (χ4n) is 3.87. The summed E-state index contributed by atoms with van der Waals surface area (Å²) < 4.78 is 0. The predicted molar refractivity (Wildman–Crippen MR) is 112 cm³/mol. The van der Waals surface area contributed by atoms with E-state index in [4.69, 9.17) is 0 Å². The van der Waals surface area contributed by atoms with Gasteiger partial charge in [-0.3, -0.25) is 9.59 Å². The summed E-state index contributed by atoms with van der Waals surface area (Å²) in [5.41, 5.74) is 3.01. The first-order valence-electron chi connectivity index (χ1n) is 9.69. The predicted octanol–water partition coefficient (Wildman–Crippen LogP) is 3.31. The highest BCUT2D eigenvalue weighted by Crippen LogP contribution is 2.19. The van der Waals surface area contributed by atoms with E-state index in [0.29, 0.717) is 37.3 Å². The molecule has 0 unspecified atom stereocenters. The SMILES string of the molecule is O=C(c1ccc2ccccc2c1)N1CCN(C(=O)c2ccc3nc[nH]c3c2)CC1. The molecule has 2 heterocycles. The molecule has 4 aromatic rings. The van der Waals surface area contributed by atoms with Gasteiger partial charge in [-0.1, -0.05) is 30.3 Å². The average molecular weight is 384 g/mol. The summed E-state index contributed by atoms with van der Waals surface area (Å²) in [6, 6.07) is 19.3. The van der Waals surface area contributed by atoms with E-state index < -0.39 is 0 Å². The molecule has 2 amide bonds. The van der Waals surface area contributed by atoms with Crippen LogP contribution in [0.5, 0.6) is 0 Å². The molecule has 0 aliphatic carbocycles. The Bertz CT molecular complexity index is 1220. The van der Waals surface area contributed by atoms with Crippen LogP contribution in [0, 0.1) is 0 Å². The molecule has 5 rings (SSSR count). The van der Waals surface area contributed by atoms with Crippen LogP contribution in [0.2, 0.25) is 0 Å². The Kier molecular flexibility index (Phi) is 4.24. The van der Waals surface area contributed by atoms with Crippen LogP contribution in [0.1, 0.15) is 20.7 Å². The van der Waals surface area contributed by atoms with Crippen LogP contribution >= 0.6 is 0 Å². The number of nitrogens with zero attached hydrogens (tertiary/aromatic N) is 3. The minimum Gasteiger partial charge on any atom is -0.345 e. The number of fused-ring (bicyclic) bond motifs is 2. The highest BCUT2D eigenvalue weighted by molar-refractivity contribution is 5.99. The molecular weight excluding hydrogens is 364 g/mol. The molecule has 0 atom stereocenters. The third-order valence-electron chi connectivity index (χ3n) is 5.52. The zero-order valence-electron chi connectivity index (χ0n) is 15.8. The van der Waals surface area contributed by atoms with Crippen LogP contribution in [0.15, 0.2) is 67.0 Å². The fraction of sp³-hybridized carbons (Fsp3) is 0.174. The van der Waals surface area contributed by atoms with Crippen molar-refractivity contribution in [3.63, 3.8) is 0 Å². The molecule has 3 aromatic carbocycles. The number of aromatic amines is 1. The van der Waals surface area contributed by atoms with Crippen molar-refractivity contribution in [2.45, 2.75) is 0 Å². The molecular formula is C23H20N4O2. The number of imidazole rings is 1. The number of benzene rings is 3. The number of carbonyl (C=O) groups excluding carboxylic acids is 2. The average Bonchev–Trinajstić information content (AvgIpc) is 3.26. The highest BCUT2D eigenvalue weighted by Gasteiger charge is 2.25. The van der Waals surface area contributed by atoms with Gasteiger partial charge >= 0.3 is 0 Å². The van der Waals surface area contributed by atoms with Crippen molar-refractivity contribution in [2.24, 2.45) is 0 Å². The van der Waals surface area contributed by atoms with Crippen molar-refractivity contribution in [3.8, 4) is 0 Å². The van der Waals surface area contributed by atoms with Crippen molar-refractivity contribution in [1.82, 2.24) is 19.8 Å². The van der Waals surface area contributed by atoms with E-state index in [1.165, 1.54) is 0 Å². The van der Waals surface area contributed by atoms with Gasteiger partial charge in [-0.05, 0) is 41.1 Å². The van der Waals surface area contributed by atoms with Crippen molar-refractivity contribution in [2.75, 3.05) is 26.2 Å². The number of carbonyl (C=O) groups is 2.